The van der Waals surface area contributed by atoms with Gasteiger partial charge < -0.3 is 4.90 Å². The molecule has 0 spiro atoms. The van der Waals surface area contributed by atoms with E-state index in [1.807, 2.05) is 0 Å². The molecular formula is C21H18N2S. The van der Waals surface area contributed by atoms with Crippen LogP contribution in [0.25, 0.3) is 0 Å². The Morgan fingerprint density at radius 3 is 2.62 bits per heavy atom. The highest BCUT2D eigenvalue weighted by Crippen LogP contribution is 2.55. The monoisotopic (exact) mass is 330 g/mol. The van der Waals surface area contributed by atoms with Crippen LogP contribution in [0.1, 0.15) is 29.7 Å². The van der Waals surface area contributed by atoms with E-state index in [9.17, 15) is 0 Å². The third kappa shape index (κ3) is 1.79. The first-order chi connectivity index (χ1) is 11.8. The minimum absolute atomic E-state index is 0.0735. The van der Waals surface area contributed by atoms with Gasteiger partial charge in [0, 0.05) is 6.54 Å². The van der Waals surface area contributed by atoms with Crippen molar-refractivity contribution in [3.63, 3.8) is 0 Å². The summed E-state index contributed by atoms with van der Waals surface area (Å²) in [5, 5.41) is 4.46. The summed E-state index contributed by atoms with van der Waals surface area (Å²) in [6, 6.07) is 21.9. The number of para-hydroxylation sites is 1. The van der Waals surface area contributed by atoms with Crippen molar-refractivity contribution in [1.82, 2.24) is 4.90 Å². The summed E-state index contributed by atoms with van der Waals surface area (Å²) >= 11 is 1.77. The van der Waals surface area contributed by atoms with Crippen molar-refractivity contribution in [1.29, 1.82) is 0 Å². The van der Waals surface area contributed by atoms with Gasteiger partial charge in [-0.2, -0.15) is 11.3 Å². The molecule has 2 atom stereocenters. The molecule has 118 valence electrons. The lowest BCUT2D eigenvalue weighted by molar-refractivity contribution is 0.144. The minimum Gasteiger partial charge on any atom is -0.346 e. The Morgan fingerprint density at radius 1 is 1.04 bits per heavy atom. The Kier molecular flexibility index (Phi) is 2.95. The zero-order valence-electron chi connectivity index (χ0n) is 13.5. The summed E-state index contributed by atoms with van der Waals surface area (Å²) in [4.78, 5) is 7.52. The van der Waals surface area contributed by atoms with Crippen molar-refractivity contribution >= 4 is 22.9 Å². The molecule has 0 amide bonds. The Hall–Kier alpha value is -2.39. The van der Waals surface area contributed by atoms with Crippen molar-refractivity contribution in [3.8, 4) is 0 Å². The van der Waals surface area contributed by atoms with Crippen LogP contribution in [-0.4, -0.2) is 10.7 Å². The molecular weight excluding hydrogens is 312 g/mol. The molecule has 24 heavy (non-hydrogen) atoms. The molecule has 2 aliphatic rings. The Balaban J connectivity index is 1.70. The molecule has 0 bridgehead atoms. The quantitative estimate of drug-likeness (QED) is 0.622. The van der Waals surface area contributed by atoms with Crippen LogP contribution in [-0.2, 0) is 12.0 Å². The Morgan fingerprint density at radius 2 is 1.83 bits per heavy atom. The fourth-order valence-electron chi connectivity index (χ4n) is 4.20. The van der Waals surface area contributed by atoms with E-state index in [4.69, 9.17) is 4.99 Å². The van der Waals surface area contributed by atoms with Crippen LogP contribution in [0.15, 0.2) is 76.4 Å². The molecule has 5 rings (SSSR count). The van der Waals surface area contributed by atoms with Gasteiger partial charge in [0.05, 0.1) is 17.1 Å². The van der Waals surface area contributed by atoms with Gasteiger partial charge in [0.1, 0.15) is 5.84 Å². The molecule has 2 aromatic carbocycles. The van der Waals surface area contributed by atoms with E-state index in [-0.39, 0.29) is 5.41 Å². The topological polar surface area (TPSA) is 15.6 Å². The van der Waals surface area contributed by atoms with Crippen LogP contribution in [0.2, 0.25) is 0 Å². The Labute approximate surface area is 146 Å². The molecule has 0 aliphatic carbocycles. The van der Waals surface area contributed by atoms with Gasteiger partial charge in [0.2, 0.25) is 0 Å². The number of nitrogens with zero attached hydrogens (tertiary/aromatic N) is 2. The van der Waals surface area contributed by atoms with Gasteiger partial charge in [0.25, 0.3) is 0 Å². The molecule has 0 saturated carbocycles. The smallest absolute Gasteiger partial charge is 0.119 e. The highest BCUT2D eigenvalue weighted by Gasteiger charge is 2.57. The van der Waals surface area contributed by atoms with Crippen molar-refractivity contribution < 1.29 is 0 Å². The zero-order valence-corrected chi connectivity index (χ0v) is 14.3. The fourth-order valence-corrected chi connectivity index (χ4v) is 4.88. The average molecular weight is 330 g/mol. The van der Waals surface area contributed by atoms with Crippen molar-refractivity contribution in [2.75, 3.05) is 0 Å². The second kappa shape index (κ2) is 5.05. The molecule has 0 radical (unpaired) electrons. The molecule has 3 heterocycles. The number of aliphatic imine (C=N–C) groups is 1. The lowest BCUT2D eigenvalue weighted by Gasteiger charge is -2.59. The normalized spacial score (nSPS) is 24.6. The van der Waals surface area contributed by atoms with E-state index >= 15 is 0 Å². The molecule has 0 N–H and O–H groups in total. The molecule has 1 saturated heterocycles. The van der Waals surface area contributed by atoms with E-state index in [0.717, 1.165) is 12.2 Å². The van der Waals surface area contributed by atoms with Gasteiger partial charge in [0.15, 0.2) is 0 Å². The fraction of sp³-hybridized carbons (Fsp3) is 0.190. The molecule has 3 heteroatoms. The van der Waals surface area contributed by atoms with Gasteiger partial charge >= 0.3 is 0 Å². The first-order valence-electron chi connectivity index (χ1n) is 8.30. The maximum Gasteiger partial charge on any atom is 0.119 e. The summed E-state index contributed by atoms with van der Waals surface area (Å²) in [7, 11) is 0. The first-order valence-corrected chi connectivity index (χ1v) is 9.24. The second-order valence-corrected chi connectivity index (χ2v) is 7.50. The summed E-state index contributed by atoms with van der Waals surface area (Å²) < 4.78 is 0. The molecule has 1 fully saturated rings. The van der Waals surface area contributed by atoms with Gasteiger partial charge in [-0.1, -0.05) is 48.5 Å². The van der Waals surface area contributed by atoms with Crippen LogP contribution < -0.4 is 0 Å². The van der Waals surface area contributed by atoms with E-state index < -0.39 is 0 Å². The lowest BCUT2D eigenvalue weighted by Crippen LogP contribution is -2.64. The van der Waals surface area contributed by atoms with E-state index in [1.165, 1.54) is 22.5 Å². The van der Waals surface area contributed by atoms with Crippen LogP contribution >= 0.6 is 11.3 Å². The summed E-state index contributed by atoms with van der Waals surface area (Å²) in [5.74, 6) is 1.20. The van der Waals surface area contributed by atoms with Crippen molar-refractivity contribution in [3.05, 3.63) is 88.1 Å². The SMILES string of the molecule is C[C@]1(c2ccccc2)C2=Nc3ccccc3CN2[C@H]1c1ccsc1. The van der Waals surface area contributed by atoms with Crippen molar-refractivity contribution in [2.24, 2.45) is 4.99 Å². The second-order valence-electron chi connectivity index (χ2n) is 6.72. The molecule has 2 nitrogen and oxygen atoms in total. The summed E-state index contributed by atoms with van der Waals surface area (Å²) in [6.45, 7) is 3.28. The predicted octanol–water partition coefficient (Wildman–Crippen LogP) is 5.31. The Bertz CT molecular complexity index is 914. The summed E-state index contributed by atoms with van der Waals surface area (Å²) in [6.07, 6.45) is 0. The third-order valence-corrected chi connectivity index (χ3v) is 6.09. The third-order valence-electron chi connectivity index (χ3n) is 5.39. The molecule has 3 aromatic rings. The van der Waals surface area contributed by atoms with Crippen LogP contribution in [0.5, 0.6) is 0 Å². The molecule has 2 aliphatic heterocycles. The molecule has 1 aromatic heterocycles. The van der Waals surface area contributed by atoms with Gasteiger partial charge in [-0.05, 0) is 46.5 Å². The van der Waals surface area contributed by atoms with Crippen molar-refractivity contribution in [2.45, 2.75) is 24.9 Å². The number of fused-ring (bicyclic) bond motifs is 2. The average Bonchev–Trinajstić information content (AvgIpc) is 3.15. The van der Waals surface area contributed by atoms with Gasteiger partial charge in [-0.25, -0.2) is 4.99 Å². The number of rotatable bonds is 2. The predicted molar refractivity (Wildman–Crippen MR) is 99.9 cm³/mol. The van der Waals surface area contributed by atoms with E-state index in [1.54, 1.807) is 11.3 Å². The number of hydrogen-bond donors (Lipinski definition) is 0. The lowest BCUT2D eigenvalue weighted by atomic mass is 9.64. The number of thiophene rings is 1. The highest BCUT2D eigenvalue weighted by molar-refractivity contribution is 7.08. The molecule has 0 unspecified atom stereocenters. The van der Waals surface area contributed by atoms with Gasteiger partial charge in [-0.15, -0.1) is 0 Å². The van der Waals surface area contributed by atoms with Gasteiger partial charge in [-0.3, -0.25) is 0 Å². The highest BCUT2D eigenvalue weighted by atomic mass is 32.1. The minimum atomic E-state index is -0.0735. The van der Waals surface area contributed by atoms with Crippen LogP contribution in [0.4, 0.5) is 5.69 Å². The largest absolute Gasteiger partial charge is 0.346 e. The first kappa shape index (κ1) is 14.0. The number of benzene rings is 2. The van der Waals surface area contributed by atoms with Crippen LogP contribution in [0.3, 0.4) is 0 Å². The number of amidine groups is 1. The maximum absolute atomic E-state index is 5.05. The van der Waals surface area contributed by atoms with E-state index in [0.29, 0.717) is 6.04 Å². The zero-order chi connectivity index (χ0) is 16.1. The van der Waals surface area contributed by atoms with E-state index in [2.05, 4.69) is 83.2 Å². The maximum atomic E-state index is 5.05. The summed E-state index contributed by atoms with van der Waals surface area (Å²) in [5.41, 5.74) is 5.10. The standard InChI is InChI=1S/C21H18N2S/c1-21(17-8-3-2-4-9-17)19(16-11-12-24-14-16)23-13-15-7-5-6-10-18(15)22-20(21)23/h2-12,14,19H,13H2,1H3/t19-,21+/m0/s1. The van der Waals surface area contributed by atoms with Crippen LogP contribution in [0, 0.1) is 0 Å². The number of hydrogen-bond acceptors (Lipinski definition) is 3.